The van der Waals surface area contributed by atoms with E-state index in [4.69, 9.17) is 28.2 Å². The van der Waals surface area contributed by atoms with Crippen molar-refractivity contribution in [3.8, 4) is 0 Å². The van der Waals surface area contributed by atoms with E-state index in [9.17, 15) is 9.59 Å². The number of nitrogens with zero attached hydrogens (tertiary/aromatic N) is 1. The number of rotatable bonds is 6. The fourth-order valence-electron chi connectivity index (χ4n) is 3.59. The highest BCUT2D eigenvalue weighted by atomic mass is 35.5. The lowest BCUT2D eigenvalue weighted by Crippen LogP contribution is -2.17. The molecule has 0 heterocycles. The smallest absolute Gasteiger partial charge is 0.251 e. The van der Waals surface area contributed by atoms with Crippen molar-refractivity contribution in [2.24, 2.45) is 4.99 Å². The van der Waals surface area contributed by atoms with Crippen LogP contribution in [0.25, 0.3) is 5.70 Å². The van der Waals surface area contributed by atoms with E-state index in [2.05, 4.69) is 17.2 Å². The van der Waals surface area contributed by atoms with E-state index in [-0.39, 0.29) is 11.6 Å². The number of benzene rings is 2. The summed E-state index contributed by atoms with van der Waals surface area (Å²) in [7, 11) is 1.57. The number of halogens is 2. The highest BCUT2D eigenvalue weighted by Crippen LogP contribution is 2.30. The Labute approximate surface area is 215 Å². The molecule has 2 aromatic carbocycles. The highest BCUT2D eigenvalue weighted by Gasteiger charge is 2.19. The molecule has 178 valence electrons. The van der Waals surface area contributed by atoms with E-state index in [1.807, 2.05) is 38.9 Å². The highest BCUT2D eigenvalue weighted by molar-refractivity contribution is 6.42. The summed E-state index contributed by atoms with van der Waals surface area (Å²) >= 11 is 12.2. The van der Waals surface area contributed by atoms with Crippen LogP contribution in [0.3, 0.4) is 0 Å². The second-order valence-electron chi connectivity index (χ2n) is 8.05. The Bertz CT molecular complexity index is 1370. The van der Waals surface area contributed by atoms with E-state index in [1.54, 1.807) is 49.5 Å². The molecule has 5 nitrogen and oxygen atoms in total. The van der Waals surface area contributed by atoms with Gasteiger partial charge in [0.1, 0.15) is 5.70 Å². The van der Waals surface area contributed by atoms with Gasteiger partial charge in [0.15, 0.2) is 5.94 Å². The van der Waals surface area contributed by atoms with Crippen LogP contribution in [-0.2, 0) is 4.79 Å². The van der Waals surface area contributed by atoms with Crippen LogP contribution in [0.5, 0.6) is 0 Å². The minimum Gasteiger partial charge on any atom is -0.355 e. The maximum atomic E-state index is 12.0. The minimum absolute atomic E-state index is 0.186. The Hall–Kier alpha value is -3.63. The van der Waals surface area contributed by atoms with Crippen LogP contribution >= 0.6 is 23.2 Å². The van der Waals surface area contributed by atoms with Crippen LogP contribution in [0.4, 0.5) is 5.69 Å². The van der Waals surface area contributed by atoms with Gasteiger partial charge in [-0.1, -0.05) is 47.5 Å². The Morgan fingerprint density at radius 3 is 2.26 bits per heavy atom. The van der Waals surface area contributed by atoms with E-state index in [1.165, 1.54) is 0 Å². The summed E-state index contributed by atoms with van der Waals surface area (Å²) in [5.41, 5.74) is 6.77. The third-order valence-corrected chi connectivity index (χ3v) is 6.21. The van der Waals surface area contributed by atoms with Gasteiger partial charge >= 0.3 is 0 Å². The lowest BCUT2D eigenvalue weighted by molar-refractivity contribution is 0.0963. The first-order valence-electron chi connectivity index (χ1n) is 10.8. The van der Waals surface area contributed by atoms with Gasteiger partial charge in [-0.25, -0.2) is 9.79 Å². The first-order valence-corrected chi connectivity index (χ1v) is 11.6. The first-order chi connectivity index (χ1) is 16.6. The molecule has 0 radical (unpaired) electrons. The SMILES string of the molecule is C=C(N=C1C(C)=CC(C)=C/C1=C(/C)C(=C=O)Nc1ccc(C(=O)NC)cc1)c1ccc(Cl)c(Cl)c1. The number of anilines is 1. The summed E-state index contributed by atoms with van der Waals surface area (Å²) in [5, 5.41) is 6.56. The largest absolute Gasteiger partial charge is 0.355 e. The Kier molecular flexibility index (Phi) is 8.31. The molecular formula is C28H25Cl2N3O2. The molecule has 0 saturated heterocycles. The number of hydrogen-bond donors (Lipinski definition) is 2. The van der Waals surface area contributed by atoms with Gasteiger partial charge in [0.2, 0.25) is 0 Å². The van der Waals surface area contributed by atoms with Crippen LogP contribution < -0.4 is 10.6 Å². The van der Waals surface area contributed by atoms with Crippen molar-refractivity contribution in [3.05, 3.63) is 110 Å². The maximum Gasteiger partial charge on any atom is 0.251 e. The molecule has 3 rings (SSSR count). The molecule has 0 aromatic heterocycles. The average molecular weight is 506 g/mol. The van der Waals surface area contributed by atoms with Crippen molar-refractivity contribution in [2.45, 2.75) is 20.8 Å². The van der Waals surface area contributed by atoms with Crippen molar-refractivity contribution in [2.75, 3.05) is 12.4 Å². The number of aliphatic imine (C=N–C) groups is 1. The summed E-state index contributed by atoms with van der Waals surface area (Å²) in [6.45, 7) is 9.88. The van der Waals surface area contributed by atoms with Gasteiger partial charge in [0.25, 0.3) is 5.91 Å². The van der Waals surface area contributed by atoms with Gasteiger partial charge in [-0.2, -0.15) is 0 Å². The second-order valence-corrected chi connectivity index (χ2v) is 8.86. The van der Waals surface area contributed by atoms with Crippen LogP contribution in [-0.4, -0.2) is 24.6 Å². The van der Waals surface area contributed by atoms with Gasteiger partial charge < -0.3 is 10.6 Å². The molecule has 0 aliphatic heterocycles. The fourth-order valence-corrected chi connectivity index (χ4v) is 3.89. The number of amides is 1. The molecule has 0 atom stereocenters. The number of carbonyl (C=O) groups is 1. The summed E-state index contributed by atoms with van der Waals surface area (Å²) < 4.78 is 0. The lowest BCUT2D eigenvalue weighted by atomic mass is 9.90. The Balaban J connectivity index is 2.00. The topological polar surface area (TPSA) is 70.6 Å². The lowest BCUT2D eigenvalue weighted by Gasteiger charge is -2.19. The first kappa shape index (κ1) is 26.0. The quantitative estimate of drug-likeness (QED) is 0.423. The van der Waals surface area contributed by atoms with Crippen LogP contribution in [0.1, 0.15) is 36.7 Å². The molecule has 0 spiro atoms. The standard InChI is InChI=1S/C28H25Cl2N3O2/c1-16-12-17(2)27(32-19(4)21-8-11-24(29)25(30)14-21)23(13-16)18(3)26(15-34)33-22-9-6-20(7-10-22)28(35)31-5/h6-14,33H,4H2,1-3,5H3,(H,31,35)/b23-18+,32-27?. The van der Waals surface area contributed by atoms with E-state index >= 15 is 0 Å². The normalized spacial score (nSPS) is 15.5. The van der Waals surface area contributed by atoms with Gasteiger partial charge in [-0.05, 0) is 74.4 Å². The predicted molar refractivity (Wildman–Crippen MR) is 146 cm³/mol. The monoisotopic (exact) mass is 505 g/mol. The van der Waals surface area contributed by atoms with Crippen LogP contribution in [0, 0.1) is 0 Å². The molecule has 1 amide bonds. The molecule has 1 aliphatic carbocycles. The van der Waals surface area contributed by atoms with Crippen molar-refractivity contribution in [3.63, 3.8) is 0 Å². The summed E-state index contributed by atoms with van der Waals surface area (Å²) in [6.07, 6.45) is 3.99. The summed E-state index contributed by atoms with van der Waals surface area (Å²) in [4.78, 5) is 28.5. The van der Waals surface area contributed by atoms with Crippen molar-refractivity contribution < 1.29 is 9.59 Å². The fraction of sp³-hybridized carbons (Fsp3) is 0.143. The second kappa shape index (κ2) is 11.2. The number of allylic oxidation sites excluding steroid dienone is 6. The van der Waals surface area contributed by atoms with Gasteiger partial charge in [-0.15, -0.1) is 0 Å². The van der Waals surface area contributed by atoms with Crippen molar-refractivity contribution in [1.29, 1.82) is 0 Å². The third-order valence-electron chi connectivity index (χ3n) is 5.47. The van der Waals surface area contributed by atoms with Gasteiger partial charge in [-0.3, -0.25) is 4.79 Å². The van der Waals surface area contributed by atoms with Crippen molar-refractivity contribution in [1.82, 2.24) is 5.32 Å². The molecule has 35 heavy (non-hydrogen) atoms. The minimum atomic E-state index is -0.186. The van der Waals surface area contributed by atoms with Crippen LogP contribution in [0.2, 0.25) is 10.0 Å². The average Bonchev–Trinajstić information content (AvgIpc) is 2.85. The molecule has 2 N–H and O–H groups in total. The Morgan fingerprint density at radius 2 is 1.66 bits per heavy atom. The number of carbonyl (C=O) groups excluding carboxylic acids is 2. The van der Waals surface area contributed by atoms with Crippen molar-refractivity contribution >= 4 is 52.1 Å². The third kappa shape index (κ3) is 6.09. The van der Waals surface area contributed by atoms with Gasteiger partial charge in [0.05, 0.1) is 21.5 Å². The zero-order valence-electron chi connectivity index (χ0n) is 19.9. The number of nitrogens with one attached hydrogen (secondary N) is 2. The zero-order valence-corrected chi connectivity index (χ0v) is 21.4. The molecule has 7 heteroatoms. The maximum absolute atomic E-state index is 12.0. The molecule has 2 aromatic rings. The van der Waals surface area contributed by atoms with Crippen LogP contribution in [0.15, 0.2) is 94.2 Å². The predicted octanol–water partition coefficient (Wildman–Crippen LogP) is 6.82. The van der Waals surface area contributed by atoms with E-state index in [0.29, 0.717) is 38.3 Å². The molecular weight excluding hydrogens is 481 g/mol. The molecule has 0 unspecified atom stereocenters. The summed E-state index contributed by atoms with van der Waals surface area (Å²) in [6, 6.07) is 12.0. The van der Waals surface area contributed by atoms with Gasteiger partial charge in [0, 0.05) is 29.4 Å². The summed E-state index contributed by atoms with van der Waals surface area (Å²) in [5.74, 6) is 1.82. The van der Waals surface area contributed by atoms with E-state index < -0.39 is 0 Å². The molecule has 0 fully saturated rings. The zero-order chi connectivity index (χ0) is 25.7. The number of hydrogen-bond acceptors (Lipinski definition) is 4. The molecule has 0 bridgehead atoms. The molecule has 1 aliphatic rings. The molecule has 0 saturated carbocycles. The van der Waals surface area contributed by atoms with E-state index in [0.717, 1.165) is 22.3 Å². The Morgan fingerprint density at radius 1 is 1.00 bits per heavy atom.